The summed E-state index contributed by atoms with van der Waals surface area (Å²) in [6.45, 7) is 2.11. The van der Waals surface area contributed by atoms with Crippen molar-refractivity contribution < 1.29 is 8.42 Å². The zero-order valence-electron chi connectivity index (χ0n) is 10.2. The maximum atomic E-state index is 12.3. The number of halogens is 1. The molecule has 1 aromatic heterocycles. The first-order valence-electron chi connectivity index (χ1n) is 5.50. The van der Waals surface area contributed by atoms with E-state index in [9.17, 15) is 8.42 Å². The highest BCUT2D eigenvalue weighted by Crippen LogP contribution is 2.29. The van der Waals surface area contributed by atoms with E-state index < -0.39 is 10.0 Å². The molecule has 0 fully saturated rings. The number of nitrogens with one attached hydrogen (secondary N) is 1. The van der Waals surface area contributed by atoms with Crippen molar-refractivity contribution in [1.29, 1.82) is 0 Å². The van der Waals surface area contributed by atoms with Crippen molar-refractivity contribution in [1.82, 2.24) is 0 Å². The highest BCUT2D eigenvalue weighted by Gasteiger charge is 2.20. The number of hydrogen-bond donors (Lipinski definition) is 2. The molecule has 102 valence electrons. The van der Waals surface area contributed by atoms with Gasteiger partial charge in [0.1, 0.15) is 4.90 Å². The number of anilines is 1. The Morgan fingerprint density at radius 3 is 2.79 bits per heavy atom. The third-order valence-electron chi connectivity index (χ3n) is 2.62. The molecule has 1 aromatic carbocycles. The van der Waals surface area contributed by atoms with Gasteiger partial charge in [-0.2, -0.15) is 0 Å². The third-order valence-corrected chi connectivity index (χ3v) is 6.19. The van der Waals surface area contributed by atoms with Crippen LogP contribution in [0.5, 0.6) is 0 Å². The fourth-order valence-electron chi connectivity index (χ4n) is 1.64. The first kappa shape index (κ1) is 14.5. The van der Waals surface area contributed by atoms with E-state index in [-0.39, 0.29) is 11.4 Å². The lowest BCUT2D eigenvalue weighted by molar-refractivity contribution is 0.600. The summed E-state index contributed by atoms with van der Waals surface area (Å²) in [5, 5.41) is 1.72. The Hall–Kier alpha value is -0.890. The van der Waals surface area contributed by atoms with Crippen LogP contribution >= 0.6 is 27.3 Å². The third kappa shape index (κ3) is 3.00. The van der Waals surface area contributed by atoms with Gasteiger partial charge in [0.05, 0.1) is 5.69 Å². The maximum Gasteiger partial charge on any atom is 0.263 e. The van der Waals surface area contributed by atoms with E-state index in [1.807, 2.05) is 13.0 Å². The molecule has 19 heavy (non-hydrogen) atoms. The fraction of sp³-hybridized carbons (Fsp3) is 0.167. The van der Waals surface area contributed by atoms with Crippen molar-refractivity contribution in [2.24, 2.45) is 5.73 Å². The molecular formula is C12H13BrN2O2S2. The topological polar surface area (TPSA) is 72.2 Å². The molecule has 2 aromatic rings. The SMILES string of the molecule is Cc1cccc(NS(=O)(=O)c2ccsc2CN)c1Br. The van der Waals surface area contributed by atoms with Crippen molar-refractivity contribution in [2.75, 3.05) is 4.72 Å². The van der Waals surface area contributed by atoms with Crippen molar-refractivity contribution in [2.45, 2.75) is 18.4 Å². The normalized spacial score (nSPS) is 11.5. The number of rotatable bonds is 4. The van der Waals surface area contributed by atoms with Crippen LogP contribution in [0.1, 0.15) is 10.4 Å². The molecule has 0 amide bonds. The monoisotopic (exact) mass is 360 g/mol. The van der Waals surface area contributed by atoms with E-state index in [1.165, 1.54) is 11.3 Å². The van der Waals surface area contributed by atoms with E-state index in [1.54, 1.807) is 23.6 Å². The lowest BCUT2D eigenvalue weighted by atomic mass is 10.2. The van der Waals surface area contributed by atoms with Gasteiger partial charge >= 0.3 is 0 Å². The second-order valence-corrected chi connectivity index (χ2v) is 7.40. The Bertz CT molecular complexity index is 696. The van der Waals surface area contributed by atoms with Crippen molar-refractivity contribution in [3.05, 3.63) is 44.6 Å². The zero-order chi connectivity index (χ0) is 14.0. The molecule has 0 bridgehead atoms. The molecule has 2 rings (SSSR count). The van der Waals surface area contributed by atoms with Crippen LogP contribution in [0.25, 0.3) is 0 Å². The number of aryl methyl sites for hydroxylation is 1. The van der Waals surface area contributed by atoms with E-state index >= 15 is 0 Å². The van der Waals surface area contributed by atoms with Crippen molar-refractivity contribution in [3.8, 4) is 0 Å². The average Bonchev–Trinajstić information content (AvgIpc) is 2.84. The van der Waals surface area contributed by atoms with Crippen LogP contribution in [0.2, 0.25) is 0 Å². The smallest absolute Gasteiger partial charge is 0.263 e. The summed E-state index contributed by atoms with van der Waals surface area (Å²) >= 11 is 4.72. The molecule has 0 radical (unpaired) electrons. The van der Waals surface area contributed by atoms with E-state index in [4.69, 9.17) is 5.73 Å². The molecule has 7 heteroatoms. The van der Waals surface area contributed by atoms with Crippen LogP contribution in [0, 0.1) is 6.92 Å². The highest BCUT2D eigenvalue weighted by atomic mass is 79.9. The first-order chi connectivity index (χ1) is 8.95. The number of hydrogen-bond acceptors (Lipinski definition) is 4. The summed E-state index contributed by atoms with van der Waals surface area (Å²) in [5.74, 6) is 0. The van der Waals surface area contributed by atoms with Crippen LogP contribution in [-0.2, 0) is 16.6 Å². The molecule has 0 aliphatic heterocycles. The number of thiophene rings is 1. The molecule has 0 atom stereocenters. The molecule has 3 N–H and O–H groups in total. The van der Waals surface area contributed by atoms with E-state index in [0.29, 0.717) is 10.6 Å². The second-order valence-electron chi connectivity index (χ2n) is 3.95. The predicted molar refractivity (Wildman–Crippen MR) is 81.9 cm³/mol. The molecule has 0 unspecified atom stereocenters. The summed E-state index contributed by atoms with van der Waals surface area (Å²) in [4.78, 5) is 0.893. The summed E-state index contributed by atoms with van der Waals surface area (Å²) in [6.07, 6.45) is 0. The number of sulfonamides is 1. The minimum atomic E-state index is -3.60. The van der Waals surface area contributed by atoms with Gasteiger partial charge in [0.2, 0.25) is 0 Å². The van der Waals surface area contributed by atoms with Crippen LogP contribution in [0.15, 0.2) is 39.0 Å². The van der Waals surface area contributed by atoms with Gasteiger partial charge in [-0.25, -0.2) is 8.42 Å². The molecule has 0 saturated heterocycles. The summed E-state index contributed by atoms with van der Waals surface area (Å²) in [7, 11) is -3.60. The largest absolute Gasteiger partial charge is 0.326 e. The Morgan fingerprint density at radius 1 is 1.37 bits per heavy atom. The van der Waals surface area contributed by atoms with Gasteiger partial charge in [0, 0.05) is 15.9 Å². The Morgan fingerprint density at radius 2 is 2.11 bits per heavy atom. The number of benzene rings is 1. The fourth-order valence-corrected chi connectivity index (χ4v) is 4.55. The average molecular weight is 361 g/mol. The Kier molecular flexibility index (Phi) is 4.29. The van der Waals surface area contributed by atoms with E-state index in [2.05, 4.69) is 20.7 Å². The molecule has 0 saturated carbocycles. The van der Waals surface area contributed by atoms with E-state index in [0.717, 1.165) is 10.0 Å². The number of nitrogens with two attached hydrogens (primary N) is 1. The maximum absolute atomic E-state index is 12.3. The molecular weight excluding hydrogens is 348 g/mol. The van der Waals surface area contributed by atoms with Crippen LogP contribution in [0.4, 0.5) is 5.69 Å². The van der Waals surface area contributed by atoms with Crippen LogP contribution < -0.4 is 10.5 Å². The van der Waals surface area contributed by atoms with Crippen LogP contribution in [-0.4, -0.2) is 8.42 Å². The second kappa shape index (κ2) is 5.62. The lowest BCUT2D eigenvalue weighted by Gasteiger charge is -2.11. The molecule has 4 nitrogen and oxygen atoms in total. The molecule has 0 aliphatic carbocycles. The summed E-state index contributed by atoms with van der Waals surface area (Å²) in [5.41, 5.74) is 7.03. The predicted octanol–water partition coefficient (Wildman–Crippen LogP) is 3.08. The summed E-state index contributed by atoms with van der Waals surface area (Å²) < 4.78 is 28.0. The van der Waals surface area contributed by atoms with Gasteiger partial charge in [0.25, 0.3) is 10.0 Å². The molecule has 0 spiro atoms. The first-order valence-corrected chi connectivity index (χ1v) is 8.65. The standard InChI is InChI=1S/C12H13BrN2O2S2/c1-8-3-2-4-9(12(8)13)15-19(16,17)11-5-6-18-10(11)7-14/h2-6,15H,7,14H2,1H3. The van der Waals surface area contributed by atoms with Gasteiger partial charge in [-0.15, -0.1) is 11.3 Å². The lowest BCUT2D eigenvalue weighted by Crippen LogP contribution is -2.15. The van der Waals surface area contributed by atoms with Crippen molar-refractivity contribution in [3.63, 3.8) is 0 Å². The van der Waals surface area contributed by atoms with Gasteiger partial charge < -0.3 is 5.73 Å². The minimum Gasteiger partial charge on any atom is -0.326 e. The van der Waals surface area contributed by atoms with Crippen LogP contribution in [0.3, 0.4) is 0 Å². The zero-order valence-corrected chi connectivity index (χ0v) is 13.4. The Balaban J connectivity index is 2.40. The van der Waals surface area contributed by atoms with Gasteiger partial charge in [-0.05, 0) is 45.9 Å². The van der Waals surface area contributed by atoms with Gasteiger partial charge in [-0.1, -0.05) is 12.1 Å². The highest BCUT2D eigenvalue weighted by molar-refractivity contribution is 9.10. The Labute approximate surface area is 124 Å². The van der Waals surface area contributed by atoms with Gasteiger partial charge in [0.15, 0.2) is 0 Å². The quantitative estimate of drug-likeness (QED) is 0.879. The van der Waals surface area contributed by atoms with Crippen molar-refractivity contribution >= 4 is 43.0 Å². The molecule has 1 heterocycles. The van der Waals surface area contributed by atoms with Gasteiger partial charge in [-0.3, -0.25) is 4.72 Å². The molecule has 0 aliphatic rings. The minimum absolute atomic E-state index is 0.211. The summed E-state index contributed by atoms with van der Waals surface area (Å²) in [6, 6.07) is 6.98.